The summed E-state index contributed by atoms with van der Waals surface area (Å²) >= 11 is 3.35. The van der Waals surface area contributed by atoms with E-state index < -0.39 is 11.9 Å². The van der Waals surface area contributed by atoms with Crippen LogP contribution < -0.4 is 0 Å². The standard InChI is InChI=1S/C15H16BrNO3/c16-11-3-1-2-10(6-11)14(18)17-7-12(9-4-5-9)13(8-17)15(19)20/h1-3,6,9,12-13H,4-5,7-8H2,(H,19,20)/t12-,13+/m1/s1. The largest absolute Gasteiger partial charge is 0.481 e. The summed E-state index contributed by atoms with van der Waals surface area (Å²) in [6.45, 7) is 0.912. The van der Waals surface area contributed by atoms with Crippen LogP contribution in [0.25, 0.3) is 0 Å². The summed E-state index contributed by atoms with van der Waals surface area (Å²) in [4.78, 5) is 25.5. The second-order valence-corrected chi connectivity index (χ2v) is 6.58. The van der Waals surface area contributed by atoms with E-state index in [1.807, 2.05) is 12.1 Å². The van der Waals surface area contributed by atoms with E-state index >= 15 is 0 Å². The zero-order valence-electron chi connectivity index (χ0n) is 11.0. The van der Waals surface area contributed by atoms with E-state index in [4.69, 9.17) is 0 Å². The molecule has 0 spiro atoms. The number of carboxylic acid groups (broad SMARTS) is 1. The van der Waals surface area contributed by atoms with Crippen LogP contribution in [0.2, 0.25) is 0 Å². The Morgan fingerprint density at radius 1 is 1.25 bits per heavy atom. The van der Waals surface area contributed by atoms with Crippen LogP contribution in [-0.2, 0) is 4.79 Å². The van der Waals surface area contributed by atoms with Crippen LogP contribution in [0.4, 0.5) is 0 Å². The topological polar surface area (TPSA) is 57.6 Å². The highest BCUT2D eigenvalue weighted by molar-refractivity contribution is 9.10. The molecule has 2 aliphatic rings. The highest BCUT2D eigenvalue weighted by Crippen LogP contribution is 2.44. The third-order valence-electron chi connectivity index (χ3n) is 4.27. The minimum absolute atomic E-state index is 0.0688. The Morgan fingerprint density at radius 3 is 2.60 bits per heavy atom. The number of benzene rings is 1. The molecule has 1 N–H and O–H groups in total. The summed E-state index contributed by atoms with van der Waals surface area (Å²) in [6, 6.07) is 7.24. The van der Waals surface area contributed by atoms with Crippen molar-refractivity contribution in [3.63, 3.8) is 0 Å². The number of likely N-dealkylation sites (tertiary alicyclic amines) is 1. The van der Waals surface area contributed by atoms with E-state index in [0.29, 0.717) is 24.6 Å². The van der Waals surface area contributed by atoms with Gasteiger partial charge in [0.2, 0.25) is 0 Å². The van der Waals surface area contributed by atoms with Gasteiger partial charge in [-0.15, -0.1) is 0 Å². The Balaban J connectivity index is 1.78. The van der Waals surface area contributed by atoms with Gasteiger partial charge in [-0.05, 0) is 42.9 Å². The van der Waals surface area contributed by atoms with Crippen LogP contribution in [0.1, 0.15) is 23.2 Å². The summed E-state index contributed by atoms with van der Waals surface area (Å²) < 4.78 is 0.857. The molecule has 20 heavy (non-hydrogen) atoms. The van der Waals surface area contributed by atoms with Crippen LogP contribution in [0.5, 0.6) is 0 Å². The van der Waals surface area contributed by atoms with Gasteiger partial charge in [-0.3, -0.25) is 9.59 Å². The second-order valence-electron chi connectivity index (χ2n) is 5.67. The first-order valence-corrected chi connectivity index (χ1v) is 7.63. The summed E-state index contributed by atoms with van der Waals surface area (Å²) in [5.41, 5.74) is 0.611. The Bertz CT molecular complexity index is 556. The van der Waals surface area contributed by atoms with Crippen molar-refractivity contribution >= 4 is 27.8 Å². The number of hydrogen-bond acceptors (Lipinski definition) is 2. The van der Waals surface area contributed by atoms with Crippen molar-refractivity contribution in [2.75, 3.05) is 13.1 Å². The van der Waals surface area contributed by atoms with Gasteiger partial charge in [0.15, 0.2) is 0 Å². The SMILES string of the molecule is O=C(O)[C@H]1CN(C(=O)c2cccc(Br)c2)C[C@@H]1C1CC1. The lowest BCUT2D eigenvalue weighted by atomic mass is 9.92. The van der Waals surface area contributed by atoms with Crippen molar-refractivity contribution in [3.05, 3.63) is 34.3 Å². The molecule has 1 saturated carbocycles. The molecule has 1 aromatic carbocycles. The number of carbonyl (C=O) groups excluding carboxylic acids is 1. The van der Waals surface area contributed by atoms with Gasteiger partial charge in [0.25, 0.3) is 5.91 Å². The van der Waals surface area contributed by atoms with Crippen molar-refractivity contribution in [2.24, 2.45) is 17.8 Å². The number of hydrogen-bond donors (Lipinski definition) is 1. The Morgan fingerprint density at radius 2 is 2.00 bits per heavy atom. The van der Waals surface area contributed by atoms with Crippen LogP contribution in [0.3, 0.4) is 0 Å². The van der Waals surface area contributed by atoms with Crippen LogP contribution in [0, 0.1) is 17.8 Å². The summed E-state index contributed by atoms with van der Waals surface area (Å²) in [5, 5.41) is 9.33. The van der Waals surface area contributed by atoms with Gasteiger partial charge in [0.1, 0.15) is 0 Å². The third-order valence-corrected chi connectivity index (χ3v) is 4.76. The molecule has 5 heteroatoms. The molecular weight excluding hydrogens is 322 g/mol. The smallest absolute Gasteiger partial charge is 0.308 e. The van der Waals surface area contributed by atoms with Gasteiger partial charge >= 0.3 is 5.97 Å². The predicted octanol–water partition coefficient (Wildman–Crippen LogP) is 2.63. The van der Waals surface area contributed by atoms with Crippen molar-refractivity contribution < 1.29 is 14.7 Å². The average Bonchev–Trinajstić information content (AvgIpc) is 3.16. The Labute approximate surface area is 125 Å². The van der Waals surface area contributed by atoms with Gasteiger partial charge < -0.3 is 10.0 Å². The molecule has 2 fully saturated rings. The summed E-state index contributed by atoms with van der Waals surface area (Å²) in [6.07, 6.45) is 2.21. The minimum Gasteiger partial charge on any atom is -0.481 e. The molecule has 0 radical (unpaired) electrons. The lowest BCUT2D eigenvalue weighted by Crippen LogP contribution is -2.29. The summed E-state index contributed by atoms with van der Waals surface area (Å²) in [7, 11) is 0. The van der Waals surface area contributed by atoms with Crippen LogP contribution in [-0.4, -0.2) is 35.0 Å². The molecule has 3 rings (SSSR count). The van der Waals surface area contributed by atoms with Gasteiger partial charge in [-0.25, -0.2) is 0 Å². The number of aliphatic carboxylic acids is 1. The van der Waals surface area contributed by atoms with E-state index in [1.165, 1.54) is 0 Å². The number of carboxylic acids is 1. The molecule has 0 unspecified atom stereocenters. The average molecular weight is 338 g/mol. The zero-order valence-corrected chi connectivity index (χ0v) is 12.5. The highest BCUT2D eigenvalue weighted by Gasteiger charge is 2.46. The molecule has 0 bridgehead atoms. The molecule has 0 aromatic heterocycles. The van der Waals surface area contributed by atoms with E-state index in [1.54, 1.807) is 17.0 Å². The third kappa shape index (κ3) is 2.59. The molecule has 1 aromatic rings. The van der Waals surface area contributed by atoms with Gasteiger partial charge in [0, 0.05) is 23.1 Å². The molecule has 4 nitrogen and oxygen atoms in total. The molecule has 1 aliphatic carbocycles. The lowest BCUT2D eigenvalue weighted by Gasteiger charge is -2.16. The van der Waals surface area contributed by atoms with Crippen LogP contribution in [0.15, 0.2) is 28.7 Å². The normalized spacial score (nSPS) is 25.8. The first kappa shape index (κ1) is 13.6. The number of amides is 1. The fraction of sp³-hybridized carbons (Fsp3) is 0.467. The van der Waals surface area contributed by atoms with E-state index in [0.717, 1.165) is 17.3 Å². The summed E-state index contributed by atoms with van der Waals surface area (Å²) in [5.74, 6) is -0.620. The lowest BCUT2D eigenvalue weighted by molar-refractivity contribution is -0.142. The van der Waals surface area contributed by atoms with Gasteiger partial charge in [0.05, 0.1) is 5.92 Å². The maximum absolute atomic E-state index is 12.5. The Hall–Kier alpha value is -1.36. The first-order chi connectivity index (χ1) is 9.56. The quantitative estimate of drug-likeness (QED) is 0.922. The monoisotopic (exact) mass is 337 g/mol. The number of nitrogens with zero attached hydrogens (tertiary/aromatic N) is 1. The number of halogens is 1. The molecule has 1 saturated heterocycles. The molecule has 2 atom stereocenters. The van der Waals surface area contributed by atoms with E-state index in [-0.39, 0.29) is 11.8 Å². The van der Waals surface area contributed by atoms with Gasteiger partial charge in [-0.2, -0.15) is 0 Å². The predicted molar refractivity (Wildman–Crippen MR) is 77.4 cm³/mol. The maximum atomic E-state index is 12.5. The second kappa shape index (κ2) is 5.20. The highest BCUT2D eigenvalue weighted by atomic mass is 79.9. The number of carbonyl (C=O) groups is 2. The maximum Gasteiger partial charge on any atom is 0.308 e. The Kier molecular flexibility index (Phi) is 3.54. The molecule has 106 valence electrons. The molecule has 1 heterocycles. The zero-order chi connectivity index (χ0) is 14.3. The van der Waals surface area contributed by atoms with Crippen molar-refractivity contribution in [2.45, 2.75) is 12.8 Å². The van der Waals surface area contributed by atoms with Crippen molar-refractivity contribution in [1.82, 2.24) is 4.90 Å². The fourth-order valence-electron chi connectivity index (χ4n) is 3.06. The van der Waals surface area contributed by atoms with Crippen LogP contribution >= 0.6 is 15.9 Å². The first-order valence-electron chi connectivity index (χ1n) is 6.84. The van der Waals surface area contributed by atoms with Gasteiger partial charge in [-0.1, -0.05) is 22.0 Å². The van der Waals surface area contributed by atoms with E-state index in [9.17, 15) is 14.7 Å². The fourth-order valence-corrected chi connectivity index (χ4v) is 3.46. The molecular formula is C15H16BrNO3. The van der Waals surface area contributed by atoms with Crippen molar-refractivity contribution in [1.29, 1.82) is 0 Å². The molecule has 1 amide bonds. The molecule has 1 aliphatic heterocycles. The van der Waals surface area contributed by atoms with E-state index in [2.05, 4.69) is 15.9 Å². The van der Waals surface area contributed by atoms with Crippen molar-refractivity contribution in [3.8, 4) is 0 Å². The minimum atomic E-state index is -0.772. The number of rotatable bonds is 3.